The smallest absolute Gasteiger partial charge is 0.322 e. The van der Waals surface area contributed by atoms with Crippen LogP contribution in [0.3, 0.4) is 0 Å². The lowest BCUT2D eigenvalue weighted by Crippen LogP contribution is -2.39. The number of aliphatic carboxylic acids is 1. The minimum Gasteiger partial charge on any atom is -0.480 e. The second kappa shape index (κ2) is 8.10. The van der Waals surface area contributed by atoms with Gasteiger partial charge in [-0.15, -0.1) is 0 Å². The Morgan fingerprint density at radius 2 is 1.81 bits per heavy atom. The summed E-state index contributed by atoms with van der Waals surface area (Å²) in [6, 6.07) is 5.11. The van der Waals surface area contributed by atoms with Crippen molar-refractivity contribution in [3.05, 3.63) is 44.5 Å². The minimum atomic E-state index is -1.17. The molecule has 0 aliphatic rings. The van der Waals surface area contributed by atoms with Gasteiger partial charge < -0.3 is 25.3 Å². The number of hydrogen-bond donors (Lipinski definition) is 4. The number of amides is 2. The van der Waals surface area contributed by atoms with E-state index in [2.05, 4.69) is 15.6 Å². The van der Waals surface area contributed by atoms with Crippen LogP contribution in [0.4, 0.5) is 0 Å². The zero-order valence-electron chi connectivity index (χ0n) is 14.0. The Bertz CT molecular complexity index is 975. The maximum atomic E-state index is 11.8. The molecule has 4 N–H and O–H groups in total. The molecule has 0 radical (unpaired) electrons. The Kier molecular flexibility index (Phi) is 5.89. The standard InChI is InChI=1S/C16H18N4O6/c1-20-11-4-2-9(6-10(11)19-15(25)16(20)26)3-5-12(21)17-7-13(22)18-8-14(23)24/h2,4,6H,3,5,7-8H2,1H3,(H,17,21)(H,18,22)(H,19,25)(H,23,24). The first kappa shape index (κ1) is 18.9. The van der Waals surface area contributed by atoms with E-state index in [1.165, 1.54) is 11.6 Å². The Balaban J connectivity index is 1.93. The molecule has 0 saturated carbocycles. The third kappa shape index (κ3) is 4.79. The molecule has 2 amide bonds. The van der Waals surface area contributed by atoms with E-state index in [0.29, 0.717) is 17.5 Å². The highest BCUT2D eigenvalue weighted by Crippen LogP contribution is 2.12. The number of nitrogens with one attached hydrogen (secondary N) is 3. The van der Waals surface area contributed by atoms with Gasteiger partial charge in [-0.2, -0.15) is 0 Å². The Labute approximate surface area is 146 Å². The molecule has 138 valence electrons. The van der Waals surface area contributed by atoms with Crippen molar-refractivity contribution in [2.45, 2.75) is 12.8 Å². The van der Waals surface area contributed by atoms with Crippen LogP contribution in [-0.4, -0.2) is 45.5 Å². The summed E-state index contributed by atoms with van der Waals surface area (Å²) in [6.07, 6.45) is 0.469. The van der Waals surface area contributed by atoms with Crippen LogP contribution in [-0.2, 0) is 27.9 Å². The van der Waals surface area contributed by atoms with Crippen molar-refractivity contribution in [1.29, 1.82) is 0 Å². The molecule has 0 atom stereocenters. The Hall–Kier alpha value is -3.43. The molecule has 0 fully saturated rings. The summed E-state index contributed by atoms with van der Waals surface area (Å²) in [4.78, 5) is 59.0. The largest absolute Gasteiger partial charge is 0.480 e. The highest BCUT2D eigenvalue weighted by Gasteiger charge is 2.09. The molecule has 0 unspecified atom stereocenters. The van der Waals surface area contributed by atoms with Gasteiger partial charge in [0.1, 0.15) is 6.54 Å². The fourth-order valence-electron chi connectivity index (χ4n) is 2.33. The SMILES string of the molecule is Cn1c(=O)c(=O)[nH]c2cc(CCC(=O)NCC(=O)NCC(=O)O)ccc21. The third-order valence-electron chi connectivity index (χ3n) is 3.69. The third-order valence-corrected chi connectivity index (χ3v) is 3.69. The average Bonchev–Trinajstić information content (AvgIpc) is 2.60. The highest BCUT2D eigenvalue weighted by molar-refractivity contribution is 5.86. The van der Waals surface area contributed by atoms with Crippen LogP contribution in [0.25, 0.3) is 11.0 Å². The van der Waals surface area contributed by atoms with Gasteiger partial charge in [-0.25, -0.2) is 0 Å². The maximum Gasteiger partial charge on any atom is 0.322 e. The van der Waals surface area contributed by atoms with Gasteiger partial charge in [0.05, 0.1) is 17.6 Å². The van der Waals surface area contributed by atoms with Gasteiger partial charge >= 0.3 is 17.1 Å². The van der Waals surface area contributed by atoms with Crippen LogP contribution in [0.15, 0.2) is 27.8 Å². The highest BCUT2D eigenvalue weighted by atomic mass is 16.4. The number of carbonyl (C=O) groups excluding carboxylic acids is 2. The van der Waals surface area contributed by atoms with E-state index in [-0.39, 0.29) is 18.9 Å². The number of benzene rings is 1. The molecule has 10 nitrogen and oxygen atoms in total. The second-order valence-electron chi connectivity index (χ2n) is 5.62. The number of carboxylic acid groups (broad SMARTS) is 1. The van der Waals surface area contributed by atoms with Crippen molar-refractivity contribution < 1.29 is 19.5 Å². The first-order chi connectivity index (χ1) is 12.3. The molecule has 1 aromatic heterocycles. The molecule has 2 rings (SSSR count). The minimum absolute atomic E-state index is 0.105. The maximum absolute atomic E-state index is 11.8. The van der Waals surface area contributed by atoms with Crippen molar-refractivity contribution in [2.24, 2.45) is 7.05 Å². The second-order valence-corrected chi connectivity index (χ2v) is 5.62. The van der Waals surface area contributed by atoms with Gasteiger partial charge in [0, 0.05) is 13.5 Å². The molecule has 26 heavy (non-hydrogen) atoms. The van der Waals surface area contributed by atoms with E-state index in [1.807, 2.05) is 0 Å². The lowest BCUT2D eigenvalue weighted by Gasteiger charge is -2.08. The number of carbonyl (C=O) groups is 3. The normalized spacial score (nSPS) is 10.5. The molecule has 2 aromatic rings. The monoisotopic (exact) mass is 362 g/mol. The Morgan fingerprint density at radius 1 is 1.12 bits per heavy atom. The number of rotatable bonds is 7. The number of fused-ring (bicyclic) bond motifs is 1. The molecule has 1 aromatic carbocycles. The first-order valence-corrected chi connectivity index (χ1v) is 7.75. The van der Waals surface area contributed by atoms with Crippen LogP contribution >= 0.6 is 0 Å². The summed E-state index contributed by atoms with van der Waals surface area (Å²) in [5.41, 5.74) is 0.464. The van der Waals surface area contributed by atoms with Crippen LogP contribution in [0.2, 0.25) is 0 Å². The van der Waals surface area contributed by atoms with Crippen molar-refractivity contribution in [1.82, 2.24) is 20.2 Å². The van der Waals surface area contributed by atoms with E-state index >= 15 is 0 Å². The summed E-state index contributed by atoms with van der Waals surface area (Å²) in [6.45, 7) is -0.814. The molecular weight excluding hydrogens is 344 g/mol. The molecule has 0 aliphatic carbocycles. The first-order valence-electron chi connectivity index (χ1n) is 7.75. The summed E-state index contributed by atoms with van der Waals surface area (Å²) < 4.78 is 1.25. The quantitative estimate of drug-likeness (QED) is 0.439. The number of aromatic amines is 1. The molecule has 10 heteroatoms. The van der Waals surface area contributed by atoms with E-state index < -0.39 is 29.5 Å². The molecule has 0 spiro atoms. The zero-order valence-corrected chi connectivity index (χ0v) is 14.0. The predicted molar refractivity (Wildman–Crippen MR) is 91.8 cm³/mol. The molecule has 0 aliphatic heterocycles. The lowest BCUT2D eigenvalue weighted by molar-refractivity contribution is -0.137. The fourth-order valence-corrected chi connectivity index (χ4v) is 2.33. The van der Waals surface area contributed by atoms with Gasteiger partial charge in [0.15, 0.2) is 0 Å². The van der Waals surface area contributed by atoms with E-state index in [1.54, 1.807) is 18.2 Å². The summed E-state index contributed by atoms with van der Waals surface area (Å²) >= 11 is 0. The summed E-state index contributed by atoms with van der Waals surface area (Å²) in [5.74, 6) is -2.13. The van der Waals surface area contributed by atoms with Crippen LogP contribution < -0.4 is 21.8 Å². The van der Waals surface area contributed by atoms with Crippen molar-refractivity contribution in [2.75, 3.05) is 13.1 Å². The average molecular weight is 362 g/mol. The fraction of sp³-hybridized carbons (Fsp3) is 0.312. The van der Waals surface area contributed by atoms with Gasteiger partial charge in [0.2, 0.25) is 11.8 Å². The van der Waals surface area contributed by atoms with Crippen molar-refractivity contribution in [3.63, 3.8) is 0 Å². The van der Waals surface area contributed by atoms with Crippen molar-refractivity contribution >= 4 is 28.8 Å². The number of H-pyrrole nitrogens is 1. The number of aromatic nitrogens is 2. The zero-order chi connectivity index (χ0) is 19.3. The van der Waals surface area contributed by atoms with Crippen LogP contribution in [0, 0.1) is 0 Å². The lowest BCUT2D eigenvalue weighted by atomic mass is 10.1. The number of aryl methyl sites for hydroxylation is 2. The number of nitrogens with zero attached hydrogens (tertiary/aromatic N) is 1. The topological polar surface area (TPSA) is 150 Å². The van der Waals surface area contributed by atoms with E-state index in [4.69, 9.17) is 5.11 Å². The van der Waals surface area contributed by atoms with Crippen LogP contribution in [0.1, 0.15) is 12.0 Å². The van der Waals surface area contributed by atoms with E-state index in [9.17, 15) is 24.0 Å². The summed E-state index contributed by atoms with van der Waals surface area (Å²) in [5, 5.41) is 13.0. The van der Waals surface area contributed by atoms with Gasteiger partial charge in [0.25, 0.3) is 0 Å². The summed E-state index contributed by atoms with van der Waals surface area (Å²) in [7, 11) is 1.50. The van der Waals surface area contributed by atoms with Gasteiger partial charge in [-0.05, 0) is 24.1 Å². The molecule has 0 saturated heterocycles. The van der Waals surface area contributed by atoms with Gasteiger partial charge in [-0.3, -0.25) is 24.0 Å². The number of hydrogen-bond acceptors (Lipinski definition) is 5. The molecule has 1 heterocycles. The van der Waals surface area contributed by atoms with Gasteiger partial charge in [-0.1, -0.05) is 6.07 Å². The van der Waals surface area contributed by atoms with E-state index in [0.717, 1.165) is 5.56 Å². The molecular formula is C16H18N4O6. The predicted octanol–water partition coefficient (Wildman–Crippen LogP) is -1.52. The van der Waals surface area contributed by atoms with Crippen LogP contribution in [0.5, 0.6) is 0 Å². The molecule has 0 bridgehead atoms. The number of carboxylic acids is 1. The Morgan fingerprint density at radius 3 is 2.50 bits per heavy atom. The van der Waals surface area contributed by atoms with Crippen molar-refractivity contribution in [3.8, 4) is 0 Å².